The fraction of sp³-hybridized carbons (Fsp3) is 0.231. The van der Waals surface area contributed by atoms with Gasteiger partial charge < -0.3 is 4.90 Å². The molecule has 2 heterocycles. The van der Waals surface area contributed by atoms with Crippen LogP contribution in [0.25, 0.3) is 0 Å². The van der Waals surface area contributed by atoms with E-state index in [4.69, 9.17) is 0 Å². The number of carbonyl (C=O) groups is 2. The Hall–Kier alpha value is -1.97. The Balaban J connectivity index is 1.92. The minimum Gasteiger partial charge on any atom is -0.365 e. The molecule has 0 bridgehead atoms. The summed E-state index contributed by atoms with van der Waals surface area (Å²) in [4.78, 5) is 28.2. The van der Waals surface area contributed by atoms with Gasteiger partial charge in [-0.15, -0.1) is 16.2 Å². The van der Waals surface area contributed by atoms with E-state index < -0.39 is 15.9 Å². The molecular formula is C13H15N3O4S2. The molecule has 2 rings (SSSR count). The van der Waals surface area contributed by atoms with Crippen molar-refractivity contribution in [2.75, 3.05) is 19.3 Å². The van der Waals surface area contributed by atoms with Crippen LogP contribution >= 0.6 is 11.3 Å². The SMILES string of the molecule is CS(=O)(=O)NNC(=O)C1=CC=CN(CC(=O)c2cccs2)C1. The molecule has 0 atom stereocenters. The van der Waals surface area contributed by atoms with Crippen molar-refractivity contribution in [1.82, 2.24) is 15.2 Å². The Labute approximate surface area is 132 Å². The number of carbonyl (C=O) groups excluding carboxylic acids is 2. The van der Waals surface area contributed by atoms with Crippen LogP contribution in [0.2, 0.25) is 0 Å². The van der Waals surface area contributed by atoms with Gasteiger partial charge in [0.05, 0.1) is 17.7 Å². The zero-order chi connectivity index (χ0) is 16.2. The van der Waals surface area contributed by atoms with E-state index in [9.17, 15) is 18.0 Å². The smallest absolute Gasteiger partial charge is 0.263 e. The average molecular weight is 341 g/mol. The van der Waals surface area contributed by atoms with Crippen LogP contribution in [0.1, 0.15) is 9.67 Å². The van der Waals surface area contributed by atoms with E-state index >= 15 is 0 Å². The second kappa shape index (κ2) is 6.86. The average Bonchev–Trinajstić information content (AvgIpc) is 2.98. The van der Waals surface area contributed by atoms with Gasteiger partial charge in [-0.3, -0.25) is 15.0 Å². The molecule has 1 aromatic heterocycles. The summed E-state index contributed by atoms with van der Waals surface area (Å²) in [5, 5.41) is 1.83. The third kappa shape index (κ3) is 4.79. The summed E-state index contributed by atoms with van der Waals surface area (Å²) in [6, 6.07) is 3.56. The molecule has 1 aliphatic rings. The van der Waals surface area contributed by atoms with E-state index in [2.05, 4.69) is 5.43 Å². The van der Waals surface area contributed by atoms with Gasteiger partial charge in [-0.1, -0.05) is 12.1 Å². The molecule has 7 nitrogen and oxygen atoms in total. The Morgan fingerprint density at radius 1 is 1.41 bits per heavy atom. The van der Waals surface area contributed by atoms with Crippen molar-refractivity contribution in [1.29, 1.82) is 0 Å². The van der Waals surface area contributed by atoms with Crippen LogP contribution in [-0.2, 0) is 14.8 Å². The summed E-state index contributed by atoms with van der Waals surface area (Å²) in [5.41, 5.74) is 2.46. The summed E-state index contributed by atoms with van der Waals surface area (Å²) >= 11 is 1.37. The number of hydrogen-bond donors (Lipinski definition) is 2. The topological polar surface area (TPSA) is 95.6 Å². The summed E-state index contributed by atoms with van der Waals surface area (Å²) in [5.74, 6) is -0.584. The number of Topliss-reactive ketones (excluding diaryl/α,β-unsaturated/α-hetero) is 1. The van der Waals surface area contributed by atoms with Gasteiger partial charge in [0.25, 0.3) is 5.91 Å². The molecule has 0 saturated carbocycles. The lowest BCUT2D eigenvalue weighted by atomic mass is 10.1. The highest BCUT2D eigenvalue weighted by Gasteiger charge is 2.18. The standard InChI is InChI=1S/C13H15N3O4S2/c1-22(19,20)15-14-13(18)10-4-2-6-16(8-10)9-11(17)12-5-3-7-21-12/h2-7,15H,8-9H2,1H3,(H,14,18). The lowest BCUT2D eigenvalue weighted by Crippen LogP contribution is -2.43. The van der Waals surface area contributed by atoms with Crippen molar-refractivity contribution < 1.29 is 18.0 Å². The summed E-state index contributed by atoms with van der Waals surface area (Å²) in [6.45, 7) is 0.381. The van der Waals surface area contributed by atoms with Gasteiger partial charge >= 0.3 is 0 Å². The second-order valence-electron chi connectivity index (χ2n) is 4.67. The molecule has 22 heavy (non-hydrogen) atoms. The van der Waals surface area contributed by atoms with Crippen LogP contribution in [0.3, 0.4) is 0 Å². The van der Waals surface area contributed by atoms with E-state index in [1.807, 2.05) is 10.2 Å². The van der Waals surface area contributed by atoms with E-state index in [0.717, 1.165) is 6.26 Å². The van der Waals surface area contributed by atoms with Crippen molar-refractivity contribution in [2.24, 2.45) is 0 Å². The third-order valence-corrected chi connectivity index (χ3v) is 4.14. The second-order valence-corrected chi connectivity index (χ2v) is 7.36. The van der Waals surface area contributed by atoms with E-state index in [-0.39, 0.29) is 18.9 Å². The number of rotatable bonds is 6. The number of hydrazine groups is 1. The van der Waals surface area contributed by atoms with Crippen molar-refractivity contribution >= 4 is 33.1 Å². The van der Waals surface area contributed by atoms with E-state index in [1.165, 1.54) is 11.3 Å². The highest BCUT2D eigenvalue weighted by Crippen LogP contribution is 2.13. The number of nitrogens with one attached hydrogen (secondary N) is 2. The Bertz CT molecular complexity index is 720. The van der Waals surface area contributed by atoms with Gasteiger partial charge in [0.15, 0.2) is 5.78 Å². The first-order valence-electron chi connectivity index (χ1n) is 6.30. The molecule has 9 heteroatoms. The highest BCUT2D eigenvalue weighted by molar-refractivity contribution is 7.88. The normalized spacial score (nSPS) is 14.6. The number of hydrogen-bond acceptors (Lipinski definition) is 6. The molecular weight excluding hydrogens is 326 g/mol. The fourth-order valence-corrected chi connectivity index (χ4v) is 2.72. The van der Waals surface area contributed by atoms with Crippen molar-refractivity contribution in [3.8, 4) is 0 Å². The minimum absolute atomic E-state index is 0.0319. The van der Waals surface area contributed by atoms with Crippen LogP contribution in [0, 0.1) is 0 Å². The maximum atomic E-state index is 12.0. The van der Waals surface area contributed by atoms with Gasteiger partial charge in [0.1, 0.15) is 0 Å². The van der Waals surface area contributed by atoms with Crippen LogP contribution < -0.4 is 10.3 Å². The molecule has 0 saturated heterocycles. The number of nitrogens with zero attached hydrogens (tertiary/aromatic N) is 1. The molecule has 0 aromatic carbocycles. The van der Waals surface area contributed by atoms with Crippen molar-refractivity contribution in [3.63, 3.8) is 0 Å². The zero-order valence-corrected chi connectivity index (χ0v) is 13.4. The van der Waals surface area contributed by atoms with E-state index in [0.29, 0.717) is 10.5 Å². The first-order chi connectivity index (χ1) is 10.3. The lowest BCUT2D eigenvalue weighted by molar-refractivity contribution is -0.118. The summed E-state index contributed by atoms with van der Waals surface area (Å²) in [7, 11) is -3.51. The minimum atomic E-state index is -3.51. The van der Waals surface area contributed by atoms with E-state index in [1.54, 1.807) is 35.4 Å². The molecule has 0 aliphatic carbocycles. The molecule has 0 unspecified atom stereocenters. The van der Waals surface area contributed by atoms with Crippen LogP contribution in [-0.4, -0.2) is 44.4 Å². The molecule has 2 N–H and O–H groups in total. The quantitative estimate of drug-likeness (QED) is 0.572. The molecule has 0 radical (unpaired) electrons. The van der Waals surface area contributed by atoms with Crippen LogP contribution in [0.4, 0.5) is 0 Å². The molecule has 0 spiro atoms. The Morgan fingerprint density at radius 3 is 2.82 bits per heavy atom. The molecule has 118 valence electrons. The van der Waals surface area contributed by atoms with Gasteiger partial charge in [-0.2, -0.15) is 0 Å². The highest BCUT2D eigenvalue weighted by atomic mass is 32.2. The Kier molecular flexibility index (Phi) is 5.11. The monoisotopic (exact) mass is 341 g/mol. The molecule has 0 fully saturated rings. The number of thiophene rings is 1. The molecule has 1 aliphatic heterocycles. The van der Waals surface area contributed by atoms with Gasteiger partial charge in [-0.05, 0) is 23.7 Å². The van der Waals surface area contributed by atoms with Crippen LogP contribution in [0.15, 0.2) is 41.4 Å². The number of allylic oxidation sites excluding steroid dienone is 2. The largest absolute Gasteiger partial charge is 0.365 e. The van der Waals surface area contributed by atoms with Gasteiger partial charge in [0, 0.05) is 12.1 Å². The predicted octanol–water partition coefficient (Wildman–Crippen LogP) is 0.267. The van der Waals surface area contributed by atoms with Gasteiger partial charge in [0.2, 0.25) is 10.0 Å². The van der Waals surface area contributed by atoms with Crippen LogP contribution in [0.5, 0.6) is 0 Å². The maximum absolute atomic E-state index is 12.0. The summed E-state index contributed by atoms with van der Waals surface area (Å²) < 4.78 is 21.9. The maximum Gasteiger partial charge on any atom is 0.263 e. The molecule has 1 aromatic rings. The molecule has 1 amide bonds. The summed E-state index contributed by atoms with van der Waals surface area (Å²) in [6.07, 6.45) is 5.87. The first kappa shape index (κ1) is 16.4. The predicted molar refractivity (Wildman–Crippen MR) is 83.6 cm³/mol. The lowest BCUT2D eigenvalue weighted by Gasteiger charge is -2.23. The Morgan fingerprint density at radius 2 is 2.18 bits per heavy atom. The van der Waals surface area contributed by atoms with Crippen molar-refractivity contribution in [2.45, 2.75) is 0 Å². The number of ketones is 1. The van der Waals surface area contributed by atoms with Crippen molar-refractivity contribution in [3.05, 3.63) is 46.3 Å². The number of amides is 1. The number of sulfonamides is 1. The fourth-order valence-electron chi connectivity index (χ4n) is 1.78. The zero-order valence-electron chi connectivity index (χ0n) is 11.8. The van der Waals surface area contributed by atoms with Gasteiger partial charge in [-0.25, -0.2) is 8.42 Å². The third-order valence-electron chi connectivity index (χ3n) is 2.75. The first-order valence-corrected chi connectivity index (χ1v) is 9.07.